The van der Waals surface area contributed by atoms with E-state index in [4.69, 9.17) is 4.74 Å². The van der Waals surface area contributed by atoms with Crippen LogP contribution in [-0.4, -0.2) is 60.4 Å². The fourth-order valence-corrected chi connectivity index (χ4v) is 2.89. The summed E-state index contributed by atoms with van der Waals surface area (Å²) < 4.78 is 4.73. The topological polar surface area (TPSA) is 66.9 Å². The molecular weight excluding hydrogens is 248 g/mol. The second kappa shape index (κ2) is 5.59. The standard InChI is InChI=1S/C13H20N2O4/c1-3-14-8-9(7-11(14)16)12(17)15-6-4-5-10(15)13(18)19-2/h9-10H,3-8H2,1-2H3. The van der Waals surface area contributed by atoms with Gasteiger partial charge in [-0.05, 0) is 19.8 Å². The molecule has 2 rings (SSSR count). The zero-order chi connectivity index (χ0) is 14.0. The molecule has 2 unspecified atom stereocenters. The molecule has 2 atom stereocenters. The third-order valence-electron chi connectivity index (χ3n) is 3.95. The summed E-state index contributed by atoms with van der Waals surface area (Å²) in [7, 11) is 1.33. The Bertz CT molecular complexity index is 396. The Hall–Kier alpha value is -1.59. The van der Waals surface area contributed by atoms with Gasteiger partial charge >= 0.3 is 5.97 Å². The monoisotopic (exact) mass is 268 g/mol. The maximum atomic E-state index is 12.4. The lowest BCUT2D eigenvalue weighted by atomic mass is 10.1. The van der Waals surface area contributed by atoms with E-state index in [1.807, 2.05) is 6.92 Å². The van der Waals surface area contributed by atoms with Crippen molar-refractivity contribution in [2.45, 2.75) is 32.2 Å². The van der Waals surface area contributed by atoms with Crippen molar-refractivity contribution >= 4 is 17.8 Å². The number of likely N-dealkylation sites (tertiary alicyclic amines) is 2. The lowest BCUT2D eigenvalue weighted by molar-refractivity contribution is -0.152. The summed E-state index contributed by atoms with van der Waals surface area (Å²) in [5.41, 5.74) is 0. The number of nitrogens with zero attached hydrogens (tertiary/aromatic N) is 2. The third-order valence-corrected chi connectivity index (χ3v) is 3.95. The SMILES string of the molecule is CCN1CC(C(=O)N2CCCC2C(=O)OC)CC1=O. The predicted molar refractivity (Wildman–Crippen MR) is 67.1 cm³/mol. The number of amides is 2. The molecule has 6 nitrogen and oxygen atoms in total. The first kappa shape index (κ1) is 13.8. The third kappa shape index (κ3) is 2.57. The summed E-state index contributed by atoms with van der Waals surface area (Å²) >= 11 is 0. The molecule has 2 heterocycles. The van der Waals surface area contributed by atoms with Gasteiger partial charge in [0.25, 0.3) is 0 Å². The fourth-order valence-electron chi connectivity index (χ4n) is 2.89. The van der Waals surface area contributed by atoms with Gasteiger partial charge in [0.1, 0.15) is 6.04 Å². The lowest BCUT2D eigenvalue weighted by Gasteiger charge is -2.25. The zero-order valence-corrected chi connectivity index (χ0v) is 11.4. The highest BCUT2D eigenvalue weighted by Crippen LogP contribution is 2.25. The van der Waals surface area contributed by atoms with E-state index in [0.29, 0.717) is 26.1 Å². The van der Waals surface area contributed by atoms with E-state index in [-0.39, 0.29) is 30.1 Å². The van der Waals surface area contributed by atoms with Crippen molar-refractivity contribution in [3.05, 3.63) is 0 Å². The van der Waals surface area contributed by atoms with Gasteiger partial charge in [0.15, 0.2) is 0 Å². The Balaban J connectivity index is 2.04. The minimum Gasteiger partial charge on any atom is -0.467 e. The first-order valence-electron chi connectivity index (χ1n) is 6.74. The molecule has 0 aromatic heterocycles. The number of ether oxygens (including phenoxy) is 1. The average Bonchev–Trinajstić information content (AvgIpc) is 3.03. The lowest BCUT2D eigenvalue weighted by Crippen LogP contribution is -2.44. The van der Waals surface area contributed by atoms with E-state index >= 15 is 0 Å². The number of hydrogen-bond donors (Lipinski definition) is 0. The highest BCUT2D eigenvalue weighted by atomic mass is 16.5. The molecule has 2 aliphatic heterocycles. The van der Waals surface area contributed by atoms with Gasteiger partial charge in [-0.15, -0.1) is 0 Å². The Morgan fingerprint density at radius 3 is 2.74 bits per heavy atom. The second-order valence-electron chi connectivity index (χ2n) is 5.05. The normalized spacial score (nSPS) is 26.9. The summed E-state index contributed by atoms with van der Waals surface area (Å²) in [5.74, 6) is -0.730. The number of carbonyl (C=O) groups is 3. The second-order valence-corrected chi connectivity index (χ2v) is 5.05. The molecule has 2 aliphatic rings. The molecule has 0 aromatic carbocycles. The number of hydrogen-bond acceptors (Lipinski definition) is 4. The number of rotatable bonds is 3. The molecule has 106 valence electrons. The van der Waals surface area contributed by atoms with Gasteiger partial charge in [0.2, 0.25) is 11.8 Å². The summed E-state index contributed by atoms with van der Waals surface area (Å²) in [5, 5.41) is 0. The van der Waals surface area contributed by atoms with Crippen molar-refractivity contribution in [2.24, 2.45) is 5.92 Å². The van der Waals surface area contributed by atoms with Crippen LogP contribution in [0.3, 0.4) is 0 Å². The van der Waals surface area contributed by atoms with Gasteiger partial charge in [0.05, 0.1) is 13.0 Å². The number of methoxy groups -OCH3 is 1. The predicted octanol–water partition coefficient (Wildman–Crippen LogP) is 0.0188. The molecule has 2 saturated heterocycles. The van der Waals surface area contributed by atoms with Crippen LogP contribution in [0.1, 0.15) is 26.2 Å². The van der Waals surface area contributed by atoms with Crippen LogP contribution in [0.4, 0.5) is 0 Å². The van der Waals surface area contributed by atoms with Gasteiger partial charge in [-0.2, -0.15) is 0 Å². The number of esters is 1. The summed E-state index contributed by atoms with van der Waals surface area (Å²) in [6.45, 7) is 3.58. The highest BCUT2D eigenvalue weighted by molar-refractivity contribution is 5.91. The molecule has 6 heteroatoms. The van der Waals surface area contributed by atoms with Crippen molar-refractivity contribution in [2.75, 3.05) is 26.7 Å². The molecule has 2 amide bonds. The van der Waals surface area contributed by atoms with E-state index < -0.39 is 6.04 Å². The maximum Gasteiger partial charge on any atom is 0.328 e. The first-order valence-corrected chi connectivity index (χ1v) is 6.74. The fraction of sp³-hybridized carbons (Fsp3) is 0.769. The van der Waals surface area contributed by atoms with Gasteiger partial charge in [0, 0.05) is 26.1 Å². The van der Waals surface area contributed by atoms with Crippen LogP contribution in [0.5, 0.6) is 0 Å². The Kier molecular flexibility index (Phi) is 4.07. The van der Waals surface area contributed by atoms with Crippen molar-refractivity contribution in [3.63, 3.8) is 0 Å². The molecule has 0 spiro atoms. The van der Waals surface area contributed by atoms with Crippen molar-refractivity contribution in [3.8, 4) is 0 Å². The van der Waals surface area contributed by atoms with Crippen LogP contribution in [0.2, 0.25) is 0 Å². The van der Waals surface area contributed by atoms with Crippen LogP contribution in [0.15, 0.2) is 0 Å². The summed E-state index contributed by atoms with van der Waals surface area (Å²) in [6.07, 6.45) is 1.72. The van der Waals surface area contributed by atoms with Gasteiger partial charge < -0.3 is 14.5 Å². The Morgan fingerprint density at radius 1 is 1.42 bits per heavy atom. The van der Waals surface area contributed by atoms with E-state index in [2.05, 4.69) is 0 Å². The van der Waals surface area contributed by atoms with Crippen LogP contribution >= 0.6 is 0 Å². The minimum atomic E-state index is -0.469. The van der Waals surface area contributed by atoms with E-state index in [9.17, 15) is 14.4 Å². The smallest absolute Gasteiger partial charge is 0.328 e. The van der Waals surface area contributed by atoms with Crippen LogP contribution in [0.25, 0.3) is 0 Å². The zero-order valence-electron chi connectivity index (χ0n) is 11.4. The highest BCUT2D eigenvalue weighted by Gasteiger charge is 2.41. The van der Waals surface area contributed by atoms with E-state index in [1.165, 1.54) is 7.11 Å². The molecule has 0 radical (unpaired) electrons. The summed E-state index contributed by atoms with van der Waals surface area (Å²) in [4.78, 5) is 39.0. The summed E-state index contributed by atoms with van der Waals surface area (Å²) in [6, 6.07) is -0.469. The molecule has 0 N–H and O–H groups in total. The molecular formula is C13H20N2O4. The average molecular weight is 268 g/mol. The number of carbonyl (C=O) groups excluding carboxylic acids is 3. The van der Waals surface area contributed by atoms with Crippen LogP contribution < -0.4 is 0 Å². The van der Waals surface area contributed by atoms with E-state index in [1.54, 1.807) is 9.80 Å². The van der Waals surface area contributed by atoms with Crippen LogP contribution in [-0.2, 0) is 19.1 Å². The molecule has 0 saturated carbocycles. The minimum absolute atomic E-state index is 0.0228. The molecule has 0 bridgehead atoms. The molecule has 0 aromatic rings. The van der Waals surface area contributed by atoms with E-state index in [0.717, 1.165) is 6.42 Å². The van der Waals surface area contributed by atoms with Gasteiger partial charge in [-0.1, -0.05) is 0 Å². The van der Waals surface area contributed by atoms with Crippen LogP contribution in [0, 0.1) is 5.92 Å². The van der Waals surface area contributed by atoms with Crippen molar-refractivity contribution in [1.29, 1.82) is 0 Å². The van der Waals surface area contributed by atoms with Gasteiger partial charge in [-0.25, -0.2) is 4.79 Å². The van der Waals surface area contributed by atoms with Crippen molar-refractivity contribution in [1.82, 2.24) is 9.80 Å². The van der Waals surface area contributed by atoms with Gasteiger partial charge in [-0.3, -0.25) is 9.59 Å². The Morgan fingerprint density at radius 2 is 2.16 bits per heavy atom. The van der Waals surface area contributed by atoms with Crippen molar-refractivity contribution < 1.29 is 19.1 Å². The Labute approximate surface area is 112 Å². The molecule has 2 fully saturated rings. The largest absolute Gasteiger partial charge is 0.467 e. The maximum absolute atomic E-state index is 12.4. The quantitative estimate of drug-likeness (QED) is 0.677. The first-order chi connectivity index (χ1) is 9.08. The molecule has 0 aliphatic carbocycles. The molecule has 19 heavy (non-hydrogen) atoms.